The van der Waals surface area contributed by atoms with Crippen LogP contribution in [0.15, 0.2) is 36.4 Å². The maximum absolute atomic E-state index is 12.8. The molecule has 0 atom stereocenters. The van der Waals surface area contributed by atoms with Crippen molar-refractivity contribution >= 4 is 0 Å². The van der Waals surface area contributed by atoms with Crippen LogP contribution >= 0.6 is 0 Å². The Morgan fingerprint density at radius 1 is 0.742 bits per heavy atom. The molecule has 3 N–H and O–H groups in total. The molecule has 0 amide bonds. The first-order valence-corrected chi connectivity index (χ1v) is 10.7. The fourth-order valence-electron chi connectivity index (χ4n) is 3.41. The molecular weight excluding hydrogens is 406 g/mol. The summed E-state index contributed by atoms with van der Waals surface area (Å²) in [4.78, 5) is 0. The quantitative estimate of drug-likeness (QED) is 0.543. The van der Waals surface area contributed by atoms with Gasteiger partial charge in [0.15, 0.2) is 0 Å². The second kappa shape index (κ2) is 15.8. The summed E-state index contributed by atoms with van der Waals surface area (Å²) < 4.78 is 50.6. The fourth-order valence-corrected chi connectivity index (χ4v) is 3.41. The molecule has 1 aliphatic carbocycles. The molecule has 3 nitrogen and oxygen atoms in total. The summed E-state index contributed by atoms with van der Waals surface area (Å²) in [5.41, 5.74) is 0.573. The van der Waals surface area contributed by atoms with Crippen LogP contribution < -0.4 is 16.0 Å². The van der Waals surface area contributed by atoms with Gasteiger partial charge in [-0.3, -0.25) is 0 Å². The lowest BCUT2D eigenvalue weighted by Crippen LogP contribution is -2.20. The van der Waals surface area contributed by atoms with Gasteiger partial charge in [0, 0.05) is 30.3 Å². The zero-order chi connectivity index (χ0) is 23.1. The Kier molecular flexibility index (Phi) is 13.8. The third-order valence-corrected chi connectivity index (χ3v) is 5.02. The van der Waals surface area contributed by atoms with Crippen molar-refractivity contribution in [2.45, 2.75) is 45.2 Å². The highest BCUT2D eigenvalue weighted by atomic mass is 19.1. The minimum Gasteiger partial charge on any atom is -0.319 e. The number of benzene rings is 2. The Hall–Kier alpha value is -1.96. The lowest BCUT2D eigenvalue weighted by Gasteiger charge is -2.20. The van der Waals surface area contributed by atoms with E-state index in [0.717, 1.165) is 12.0 Å². The third-order valence-electron chi connectivity index (χ3n) is 5.02. The zero-order valence-electron chi connectivity index (χ0n) is 18.7. The van der Waals surface area contributed by atoms with Gasteiger partial charge in [-0.2, -0.15) is 0 Å². The second-order valence-corrected chi connectivity index (χ2v) is 7.56. The minimum atomic E-state index is -0.539. The second-order valence-electron chi connectivity index (χ2n) is 7.56. The Morgan fingerprint density at radius 2 is 1.35 bits per heavy atom. The van der Waals surface area contributed by atoms with E-state index in [1.54, 1.807) is 14.1 Å². The SMILES string of the molecule is CNCC1CCCCC1.CNCc1c(F)cccc1F.CNCc1ccc(F)cc1F. The van der Waals surface area contributed by atoms with Crippen molar-refractivity contribution in [2.24, 2.45) is 5.92 Å². The summed E-state index contributed by atoms with van der Waals surface area (Å²) in [5.74, 6) is -1.05. The molecule has 0 aromatic heterocycles. The van der Waals surface area contributed by atoms with E-state index < -0.39 is 23.3 Å². The number of nitrogens with one attached hydrogen (secondary N) is 3. The lowest BCUT2D eigenvalue weighted by atomic mass is 9.89. The van der Waals surface area contributed by atoms with E-state index in [4.69, 9.17) is 0 Å². The van der Waals surface area contributed by atoms with Gasteiger partial charge in [-0.05, 0) is 64.6 Å². The molecule has 174 valence electrons. The molecule has 0 unspecified atom stereocenters. The summed E-state index contributed by atoms with van der Waals surface area (Å²) in [6, 6.07) is 7.40. The van der Waals surface area contributed by atoms with Crippen LogP contribution in [0.5, 0.6) is 0 Å². The molecule has 7 heteroatoms. The van der Waals surface area contributed by atoms with Gasteiger partial charge in [0.2, 0.25) is 0 Å². The van der Waals surface area contributed by atoms with Crippen molar-refractivity contribution in [3.05, 3.63) is 70.8 Å². The van der Waals surface area contributed by atoms with E-state index in [9.17, 15) is 17.6 Å². The van der Waals surface area contributed by atoms with Crippen molar-refractivity contribution in [1.82, 2.24) is 16.0 Å². The van der Waals surface area contributed by atoms with Gasteiger partial charge in [0.05, 0.1) is 0 Å². The van der Waals surface area contributed by atoms with Crippen LogP contribution in [-0.2, 0) is 13.1 Å². The largest absolute Gasteiger partial charge is 0.319 e. The fraction of sp³-hybridized carbons (Fsp3) is 0.500. The first-order chi connectivity index (χ1) is 14.9. The molecule has 31 heavy (non-hydrogen) atoms. The Bertz CT molecular complexity index is 727. The molecule has 1 aliphatic rings. The zero-order valence-corrected chi connectivity index (χ0v) is 18.7. The average Bonchev–Trinajstić information content (AvgIpc) is 2.75. The highest BCUT2D eigenvalue weighted by molar-refractivity contribution is 5.19. The monoisotopic (exact) mass is 441 g/mol. The first kappa shape index (κ1) is 27.1. The molecule has 0 heterocycles. The van der Waals surface area contributed by atoms with E-state index in [0.29, 0.717) is 12.1 Å². The van der Waals surface area contributed by atoms with E-state index >= 15 is 0 Å². The Labute approximate surface area is 183 Å². The smallest absolute Gasteiger partial charge is 0.130 e. The number of halogens is 4. The molecule has 2 aromatic rings. The van der Waals surface area contributed by atoms with Crippen LogP contribution in [0.3, 0.4) is 0 Å². The number of rotatable bonds is 6. The molecule has 1 saturated carbocycles. The van der Waals surface area contributed by atoms with Gasteiger partial charge in [0.1, 0.15) is 23.3 Å². The number of hydrogen-bond donors (Lipinski definition) is 3. The van der Waals surface area contributed by atoms with Crippen molar-refractivity contribution in [3.63, 3.8) is 0 Å². The van der Waals surface area contributed by atoms with E-state index in [1.165, 1.54) is 69.0 Å². The molecular formula is C24H35F4N3. The normalized spacial score (nSPS) is 13.6. The third kappa shape index (κ3) is 10.8. The molecule has 1 fully saturated rings. The number of hydrogen-bond acceptors (Lipinski definition) is 3. The predicted molar refractivity (Wildman–Crippen MR) is 119 cm³/mol. The molecule has 0 bridgehead atoms. The van der Waals surface area contributed by atoms with Crippen LogP contribution in [-0.4, -0.2) is 27.7 Å². The molecule has 0 radical (unpaired) electrons. The van der Waals surface area contributed by atoms with Gasteiger partial charge in [-0.25, -0.2) is 17.6 Å². The summed E-state index contributed by atoms with van der Waals surface area (Å²) in [5, 5.41) is 8.70. The Balaban J connectivity index is 0.000000234. The van der Waals surface area contributed by atoms with E-state index in [1.807, 2.05) is 0 Å². The van der Waals surface area contributed by atoms with Gasteiger partial charge in [-0.15, -0.1) is 0 Å². The van der Waals surface area contributed by atoms with Gasteiger partial charge < -0.3 is 16.0 Å². The molecule has 0 saturated heterocycles. The summed E-state index contributed by atoms with van der Waals surface area (Å²) >= 11 is 0. The summed E-state index contributed by atoms with van der Waals surface area (Å²) in [6.45, 7) is 1.88. The Morgan fingerprint density at radius 3 is 1.87 bits per heavy atom. The van der Waals surface area contributed by atoms with Crippen LogP contribution in [0.1, 0.15) is 43.2 Å². The maximum atomic E-state index is 12.8. The standard InChI is InChI=1S/2C8H9F2N.C8H17N/c1-11-5-6-2-3-7(9)4-8(6)10;1-11-5-6-7(9)3-2-4-8(6)10;1-9-7-8-5-3-2-4-6-8/h2*2-4,11H,5H2,1H3;8-9H,2-7H2,1H3. The van der Waals surface area contributed by atoms with Gasteiger partial charge >= 0.3 is 0 Å². The van der Waals surface area contributed by atoms with Crippen molar-refractivity contribution < 1.29 is 17.6 Å². The van der Waals surface area contributed by atoms with Gasteiger partial charge in [-0.1, -0.05) is 31.4 Å². The molecule has 0 spiro atoms. The van der Waals surface area contributed by atoms with Crippen molar-refractivity contribution in [3.8, 4) is 0 Å². The highest BCUT2D eigenvalue weighted by Crippen LogP contribution is 2.22. The molecule has 2 aromatic carbocycles. The van der Waals surface area contributed by atoms with Crippen LogP contribution in [0.2, 0.25) is 0 Å². The van der Waals surface area contributed by atoms with E-state index in [2.05, 4.69) is 23.0 Å². The van der Waals surface area contributed by atoms with Crippen LogP contribution in [0.25, 0.3) is 0 Å². The van der Waals surface area contributed by atoms with Crippen molar-refractivity contribution in [2.75, 3.05) is 27.7 Å². The van der Waals surface area contributed by atoms with Crippen LogP contribution in [0, 0.1) is 29.2 Å². The predicted octanol–water partition coefficient (Wildman–Crippen LogP) is 5.15. The first-order valence-electron chi connectivity index (χ1n) is 10.7. The van der Waals surface area contributed by atoms with Crippen LogP contribution in [0.4, 0.5) is 17.6 Å². The molecule has 0 aliphatic heterocycles. The minimum absolute atomic E-state index is 0.0926. The lowest BCUT2D eigenvalue weighted by molar-refractivity contribution is 0.350. The maximum Gasteiger partial charge on any atom is 0.130 e. The molecule has 3 rings (SSSR count). The topological polar surface area (TPSA) is 36.1 Å². The van der Waals surface area contributed by atoms with Crippen molar-refractivity contribution in [1.29, 1.82) is 0 Å². The summed E-state index contributed by atoms with van der Waals surface area (Å²) in [7, 11) is 5.41. The van der Waals surface area contributed by atoms with E-state index in [-0.39, 0.29) is 12.1 Å². The highest BCUT2D eigenvalue weighted by Gasteiger charge is 2.11. The summed E-state index contributed by atoms with van der Waals surface area (Å²) in [6.07, 6.45) is 7.32. The van der Waals surface area contributed by atoms with Gasteiger partial charge in [0.25, 0.3) is 0 Å². The average molecular weight is 442 g/mol.